The number of alkyl halides is 3. The number of hydrogen-bond donors (Lipinski definition) is 1. The lowest BCUT2D eigenvalue weighted by Gasteiger charge is -2.12. The van der Waals surface area contributed by atoms with Crippen molar-refractivity contribution in [1.82, 2.24) is 4.98 Å². The highest BCUT2D eigenvalue weighted by molar-refractivity contribution is 5.85. The minimum atomic E-state index is -4.61. The van der Waals surface area contributed by atoms with Gasteiger partial charge in [-0.2, -0.15) is 13.2 Å². The number of carboxylic acid groups (broad SMARTS) is 1. The Kier molecular flexibility index (Phi) is 5.00. The lowest BCUT2D eigenvalue weighted by atomic mass is 10.2. The summed E-state index contributed by atoms with van der Waals surface area (Å²) in [6.07, 6.45) is -2.67. The number of pyridine rings is 1. The van der Waals surface area contributed by atoms with Gasteiger partial charge in [-0.15, -0.1) is 0 Å². The molecule has 2 aromatic rings. The molecule has 0 spiro atoms. The van der Waals surface area contributed by atoms with Crippen LogP contribution in [0.3, 0.4) is 0 Å². The van der Waals surface area contributed by atoms with E-state index in [1.165, 1.54) is 0 Å². The number of carbonyl (C=O) groups is 1. The van der Waals surface area contributed by atoms with Crippen molar-refractivity contribution in [2.24, 2.45) is 0 Å². The summed E-state index contributed by atoms with van der Waals surface area (Å²) in [5.41, 5.74) is -0.204. The first-order valence-corrected chi connectivity index (χ1v) is 6.52. The fraction of sp³-hybridized carbons (Fsp3) is 0.125. The van der Waals surface area contributed by atoms with Gasteiger partial charge >= 0.3 is 12.1 Å². The van der Waals surface area contributed by atoms with Crippen molar-refractivity contribution in [3.63, 3.8) is 0 Å². The van der Waals surface area contributed by atoms with E-state index in [2.05, 4.69) is 4.98 Å². The summed E-state index contributed by atoms with van der Waals surface area (Å²) >= 11 is 0. The third-order valence-electron chi connectivity index (χ3n) is 2.80. The number of aromatic nitrogens is 1. The number of nitrogens with zero attached hydrogens (tertiary/aromatic N) is 1. The molecule has 0 aliphatic rings. The van der Waals surface area contributed by atoms with Gasteiger partial charge in [-0.05, 0) is 23.8 Å². The monoisotopic (exact) mass is 323 g/mol. The zero-order valence-electron chi connectivity index (χ0n) is 11.7. The van der Waals surface area contributed by atoms with Crippen LogP contribution < -0.4 is 4.74 Å². The lowest BCUT2D eigenvalue weighted by Crippen LogP contribution is -2.10. The molecule has 0 fully saturated rings. The van der Waals surface area contributed by atoms with Crippen molar-refractivity contribution in [2.75, 3.05) is 0 Å². The number of halogens is 3. The number of ether oxygens (including phenoxy) is 1. The summed E-state index contributed by atoms with van der Waals surface area (Å²) in [4.78, 5) is 14.0. The van der Waals surface area contributed by atoms with Gasteiger partial charge in [-0.3, -0.25) is 0 Å². The average Bonchev–Trinajstić information content (AvgIpc) is 2.51. The van der Waals surface area contributed by atoms with E-state index in [0.29, 0.717) is 0 Å². The van der Waals surface area contributed by atoms with Crippen molar-refractivity contribution in [3.8, 4) is 5.88 Å². The molecule has 1 N–H and O–H groups in total. The number of hydrogen-bond acceptors (Lipinski definition) is 3. The molecule has 0 bridgehead atoms. The number of rotatable bonds is 5. The summed E-state index contributed by atoms with van der Waals surface area (Å²) in [5, 5.41) is 8.63. The smallest absolute Gasteiger partial charge is 0.433 e. The van der Waals surface area contributed by atoms with Gasteiger partial charge in [-0.1, -0.05) is 30.3 Å². The minimum absolute atomic E-state index is 0.0169. The fourth-order valence-electron chi connectivity index (χ4n) is 1.74. The second-order valence-corrected chi connectivity index (χ2v) is 4.53. The number of carboxylic acids is 1. The van der Waals surface area contributed by atoms with Crippen molar-refractivity contribution >= 4 is 12.0 Å². The van der Waals surface area contributed by atoms with Crippen molar-refractivity contribution in [3.05, 3.63) is 65.4 Å². The van der Waals surface area contributed by atoms with Crippen LogP contribution in [0.15, 0.2) is 48.5 Å². The molecule has 0 radical (unpaired) electrons. The maximum absolute atomic E-state index is 12.7. The molecule has 0 saturated carbocycles. The molecular formula is C16H12F3NO3. The molecule has 7 heteroatoms. The van der Waals surface area contributed by atoms with Crippen LogP contribution in [-0.4, -0.2) is 16.1 Å². The molecular weight excluding hydrogens is 311 g/mol. The zero-order chi connectivity index (χ0) is 16.9. The van der Waals surface area contributed by atoms with E-state index in [4.69, 9.17) is 9.84 Å². The Morgan fingerprint density at radius 3 is 2.48 bits per heavy atom. The van der Waals surface area contributed by atoms with E-state index in [9.17, 15) is 18.0 Å². The molecule has 0 aliphatic heterocycles. The third-order valence-corrected chi connectivity index (χ3v) is 2.80. The second-order valence-electron chi connectivity index (χ2n) is 4.53. The van der Waals surface area contributed by atoms with Crippen molar-refractivity contribution < 1.29 is 27.8 Å². The molecule has 0 saturated heterocycles. The molecule has 4 nitrogen and oxygen atoms in total. The van der Waals surface area contributed by atoms with Crippen LogP contribution in [0.25, 0.3) is 6.08 Å². The lowest BCUT2D eigenvalue weighted by molar-refractivity contribution is -0.141. The van der Waals surface area contributed by atoms with Gasteiger partial charge in [-0.25, -0.2) is 9.78 Å². The standard InChI is InChI=1S/C16H12F3NO3/c17-16(18,19)13-8-6-12(7-9-14(21)22)15(20-13)23-10-11-4-2-1-3-5-11/h1-9H,10H2,(H,21,22)/b9-7+. The van der Waals surface area contributed by atoms with E-state index >= 15 is 0 Å². The first kappa shape index (κ1) is 16.5. The Labute approximate surface area is 129 Å². The van der Waals surface area contributed by atoms with Gasteiger partial charge in [0, 0.05) is 11.6 Å². The van der Waals surface area contributed by atoms with E-state index in [1.807, 2.05) is 0 Å². The van der Waals surface area contributed by atoms with Gasteiger partial charge in [0.05, 0.1) is 0 Å². The average molecular weight is 323 g/mol. The Morgan fingerprint density at radius 2 is 1.87 bits per heavy atom. The topological polar surface area (TPSA) is 59.4 Å². The van der Waals surface area contributed by atoms with E-state index in [-0.39, 0.29) is 18.1 Å². The molecule has 2 rings (SSSR count). The van der Waals surface area contributed by atoms with Crippen LogP contribution in [-0.2, 0) is 17.6 Å². The van der Waals surface area contributed by atoms with Crippen LogP contribution in [0, 0.1) is 0 Å². The van der Waals surface area contributed by atoms with Gasteiger partial charge in [0.1, 0.15) is 12.3 Å². The fourth-order valence-corrected chi connectivity index (χ4v) is 1.74. The van der Waals surface area contributed by atoms with Crippen molar-refractivity contribution in [2.45, 2.75) is 12.8 Å². The van der Waals surface area contributed by atoms with Crippen LogP contribution in [0.4, 0.5) is 13.2 Å². The maximum Gasteiger partial charge on any atom is 0.433 e. The largest absolute Gasteiger partial charge is 0.478 e. The predicted molar refractivity (Wildman–Crippen MR) is 76.7 cm³/mol. The number of benzene rings is 1. The van der Waals surface area contributed by atoms with E-state index in [0.717, 1.165) is 29.8 Å². The highest BCUT2D eigenvalue weighted by Gasteiger charge is 2.33. The normalized spacial score (nSPS) is 11.6. The highest BCUT2D eigenvalue weighted by atomic mass is 19.4. The third kappa shape index (κ3) is 4.84. The molecule has 1 heterocycles. The molecule has 0 amide bonds. The SMILES string of the molecule is O=C(O)/C=C/c1ccc(C(F)(F)F)nc1OCc1ccccc1. The highest BCUT2D eigenvalue weighted by Crippen LogP contribution is 2.30. The van der Waals surface area contributed by atoms with Gasteiger partial charge in [0.15, 0.2) is 0 Å². The molecule has 1 aromatic heterocycles. The van der Waals surface area contributed by atoms with E-state index < -0.39 is 17.8 Å². The summed E-state index contributed by atoms with van der Waals surface area (Å²) in [5.74, 6) is -1.50. The molecule has 1 aromatic carbocycles. The quantitative estimate of drug-likeness (QED) is 0.851. The Morgan fingerprint density at radius 1 is 1.17 bits per heavy atom. The van der Waals surface area contributed by atoms with Gasteiger partial charge in [0.25, 0.3) is 0 Å². The summed E-state index contributed by atoms with van der Waals surface area (Å²) < 4.78 is 43.6. The van der Waals surface area contributed by atoms with Crippen LogP contribution >= 0.6 is 0 Å². The minimum Gasteiger partial charge on any atom is -0.478 e. The first-order valence-electron chi connectivity index (χ1n) is 6.52. The Balaban J connectivity index is 2.30. The molecule has 120 valence electrons. The second kappa shape index (κ2) is 6.95. The van der Waals surface area contributed by atoms with Crippen LogP contribution in [0.2, 0.25) is 0 Å². The zero-order valence-corrected chi connectivity index (χ0v) is 11.7. The molecule has 23 heavy (non-hydrogen) atoms. The summed E-state index contributed by atoms with van der Waals surface area (Å²) in [6, 6.07) is 10.7. The molecule has 0 aliphatic carbocycles. The first-order chi connectivity index (χ1) is 10.9. The number of aliphatic carboxylic acids is 1. The Bertz CT molecular complexity index is 712. The molecule has 0 unspecified atom stereocenters. The van der Waals surface area contributed by atoms with Gasteiger partial charge in [0.2, 0.25) is 5.88 Å². The maximum atomic E-state index is 12.7. The van der Waals surface area contributed by atoms with Crippen LogP contribution in [0.1, 0.15) is 16.8 Å². The van der Waals surface area contributed by atoms with E-state index in [1.54, 1.807) is 30.3 Å². The Hall–Kier alpha value is -2.83. The summed E-state index contributed by atoms with van der Waals surface area (Å²) in [6.45, 7) is 0.0169. The summed E-state index contributed by atoms with van der Waals surface area (Å²) in [7, 11) is 0. The van der Waals surface area contributed by atoms with Gasteiger partial charge < -0.3 is 9.84 Å². The van der Waals surface area contributed by atoms with Crippen LogP contribution in [0.5, 0.6) is 5.88 Å². The van der Waals surface area contributed by atoms with Crippen molar-refractivity contribution in [1.29, 1.82) is 0 Å². The predicted octanol–water partition coefficient (Wildman–Crippen LogP) is 3.78. The molecule has 0 atom stereocenters.